The van der Waals surface area contributed by atoms with Crippen molar-refractivity contribution in [3.05, 3.63) is 66.0 Å². The van der Waals surface area contributed by atoms with Gasteiger partial charge in [-0.2, -0.15) is 0 Å². The van der Waals surface area contributed by atoms with E-state index in [1.54, 1.807) is 0 Å². The van der Waals surface area contributed by atoms with Gasteiger partial charge in [0.1, 0.15) is 0 Å². The molecule has 0 amide bonds. The second-order valence-electron chi connectivity index (χ2n) is 5.20. The Labute approximate surface area is 120 Å². The molecule has 1 aromatic heterocycles. The molecular formula is C18H20N2. The van der Waals surface area contributed by atoms with Gasteiger partial charge >= 0.3 is 0 Å². The van der Waals surface area contributed by atoms with Crippen LogP contribution in [0.5, 0.6) is 0 Å². The van der Waals surface area contributed by atoms with E-state index in [1.807, 2.05) is 18.3 Å². The standard InChI is InChI=1S/C18H20N2/c1-3-9-16(10-4-1)18(20-13-7-2-8-14-20)15-17-11-5-6-12-19-17/h1,3-6,9-12,15H,2,7-8,13-14H2. The fourth-order valence-electron chi connectivity index (χ4n) is 2.70. The van der Waals surface area contributed by atoms with Gasteiger partial charge < -0.3 is 4.90 Å². The Hall–Kier alpha value is -2.09. The SMILES string of the molecule is C(=C(c1ccccc1)N1CCCCC1)c1ccccn1. The van der Waals surface area contributed by atoms with E-state index in [1.165, 1.54) is 30.5 Å². The lowest BCUT2D eigenvalue weighted by Gasteiger charge is -2.31. The van der Waals surface area contributed by atoms with Crippen LogP contribution in [0.3, 0.4) is 0 Å². The van der Waals surface area contributed by atoms with Crippen molar-refractivity contribution < 1.29 is 0 Å². The summed E-state index contributed by atoms with van der Waals surface area (Å²) in [7, 11) is 0. The Balaban J connectivity index is 1.97. The van der Waals surface area contributed by atoms with Gasteiger partial charge in [-0.25, -0.2) is 0 Å². The number of pyridine rings is 1. The lowest BCUT2D eigenvalue weighted by atomic mass is 10.1. The predicted octanol–water partition coefficient (Wildman–Crippen LogP) is 4.07. The molecule has 1 fully saturated rings. The van der Waals surface area contributed by atoms with E-state index in [4.69, 9.17) is 0 Å². The molecular weight excluding hydrogens is 244 g/mol. The highest BCUT2D eigenvalue weighted by atomic mass is 15.1. The van der Waals surface area contributed by atoms with Crippen molar-refractivity contribution >= 4 is 11.8 Å². The first kappa shape index (κ1) is 12.9. The first-order valence-corrected chi connectivity index (χ1v) is 7.36. The molecule has 2 heteroatoms. The first-order chi connectivity index (χ1) is 9.93. The molecule has 0 unspecified atom stereocenters. The maximum atomic E-state index is 4.44. The Kier molecular flexibility index (Phi) is 4.12. The molecule has 2 heterocycles. The van der Waals surface area contributed by atoms with Gasteiger partial charge in [-0.3, -0.25) is 4.98 Å². The van der Waals surface area contributed by atoms with E-state index in [2.05, 4.69) is 52.4 Å². The summed E-state index contributed by atoms with van der Waals surface area (Å²) in [5, 5.41) is 0. The maximum Gasteiger partial charge on any atom is 0.0650 e. The summed E-state index contributed by atoms with van der Waals surface area (Å²) >= 11 is 0. The number of rotatable bonds is 3. The first-order valence-electron chi connectivity index (χ1n) is 7.36. The van der Waals surface area contributed by atoms with Crippen LogP contribution in [0.15, 0.2) is 54.7 Å². The molecule has 0 spiro atoms. The number of benzene rings is 1. The van der Waals surface area contributed by atoms with E-state index in [0.29, 0.717) is 0 Å². The normalized spacial score (nSPS) is 16.2. The van der Waals surface area contributed by atoms with Crippen LogP contribution < -0.4 is 0 Å². The molecule has 1 aliphatic heterocycles. The highest BCUT2D eigenvalue weighted by Crippen LogP contribution is 2.25. The molecule has 0 saturated carbocycles. The Morgan fingerprint density at radius 1 is 0.900 bits per heavy atom. The molecule has 1 aliphatic rings. The summed E-state index contributed by atoms with van der Waals surface area (Å²) in [5.74, 6) is 0. The van der Waals surface area contributed by atoms with Crippen LogP contribution in [0.1, 0.15) is 30.5 Å². The van der Waals surface area contributed by atoms with Gasteiger partial charge in [0.05, 0.1) is 5.69 Å². The second-order valence-corrected chi connectivity index (χ2v) is 5.20. The number of nitrogens with zero attached hydrogens (tertiary/aromatic N) is 2. The fourth-order valence-corrected chi connectivity index (χ4v) is 2.70. The van der Waals surface area contributed by atoms with Gasteiger partial charge in [-0.05, 0) is 43.0 Å². The monoisotopic (exact) mass is 264 g/mol. The highest BCUT2D eigenvalue weighted by Gasteiger charge is 2.15. The van der Waals surface area contributed by atoms with Crippen LogP contribution in [0.25, 0.3) is 11.8 Å². The number of aromatic nitrogens is 1. The molecule has 1 saturated heterocycles. The van der Waals surface area contributed by atoms with Crippen LogP contribution in [-0.4, -0.2) is 23.0 Å². The van der Waals surface area contributed by atoms with E-state index < -0.39 is 0 Å². The lowest BCUT2D eigenvalue weighted by Crippen LogP contribution is -2.28. The molecule has 0 atom stereocenters. The molecule has 0 aliphatic carbocycles. The van der Waals surface area contributed by atoms with Gasteiger partial charge in [-0.15, -0.1) is 0 Å². The summed E-state index contributed by atoms with van der Waals surface area (Å²) in [6.45, 7) is 2.29. The summed E-state index contributed by atoms with van der Waals surface area (Å²) in [6.07, 6.45) is 7.98. The third-order valence-corrected chi connectivity index (χ3v) is 3.74. The fraction of sp³-hybridized carbons (Fsp3) is 0.278. The number of hydrogen-bond acceptors (Lipinski definition) is 2. The number of hydrogen-bond donors (Lipinski definition) is 0. The van der Waals surface area contributed by atoms with E-state index >= 15 is 0 Å². The van der Waals surface area contributed by atoms with E-state index in [0.717, 1.165) is 18.8 Å². The molecule has 3 rings (SSSR count). The second kappa shape index (κ2) is 6.38. The highest BCUT2D eigenvalue weighted by molar-refractivity contribution is 5.79. The van der Waals surface area contributed by atoms with Crippen molar-refractivity contribution in [1.82, 2.24) is 9.88 Å². The minimum absolute atomic E-state index is 1.02. The Morgan fingerprint density at radius 2 is 1.65 bits per heavy atom. The molecule has 102 valence electrons. The molecule has 0 bridgehead atoms. The van der Waals surface area contributed by atoms with Gasteiger partial charge in [0, 0.05) is 25.0 Å². The molecule has 20 heavy (non-hydrogen) atoms. The number of likely N-dealkylation sites (tertiary alicyclic amines) is 1. The topological polar surface area (TPSA) is 16.1 Å². The van der Waals surface area contributed by atoms with E-state index in [-0.39, 0.29) is 0 Å². The zero-order valence-corrected chi connectivity index (χ0v) is 11.7. The van der Waals surface area contributed by atoms with Gasteiger partial charge in [0.2, 0.25) is 0 Å². The number of piperidine rings is 1. The van der Waals surface area contributed by atoms with Crippen LogP contribution >= 0.6 is 0 Å². The van der Waals surface area contributed by atoms with Crippen molar-refractivity contribution in [3.63, 3.8) is 0 Å². The van der Waals surface area contributed by atoms with Crippen molar-refractivity contribution in [1.29, 1.82) is 0 Å². The zero-order chi connectivity index (χ0) is 13.6. The van der Waals surface area contributed by atoms with Crippen LogP contribution in [0.4, 0.5) is 0 Å². The van der Waals surface area contributed by atoms with Crippen molar-refractivity contribution in [2.75, 3.05) is 13.1 Å². The van der Waals surface area contributed by atoms with Crippen molar-refractivity contribution in [2.45, 2.75) is 19.3 Å². The maximum absolute atomic E-state index is 4.44. The van der Waals surface area contributed by atoms with Crippen molar-refractivity contribution in [3.8, 4) is 0 Å². The Bertz CT molecular complexity index is 554. The minimum Gasteiger partial charge on any atom is -0.371 e. The summed E-state index contributed by atoms with van der Waals surface area (Å²) in [4.78, 5) is 6.93. The minimum atomic E-state index is 1.02. The Morgan fingerprint density at radius 3 is 2.35 bits per heavy atom. The van der Waals surface area contributed by atoms with Gasteiger partial charge in [0.25, 0.3) is 0 Å². The summed E-state index contributed by atoms with van der Waals surface area (Å²) < 4.78 is 0. The molecule has 1 aromatic carbocycles. The third kappa shape index (κ3) is 3.08. The quantitative estimate of drug-likeness (QED) is 0.831. The van der Waals surface area contributed by atoms with Crippen LogP contribution in [0, 0.1) is 0 Å². The average Bonchev–Trinajstić information content (AvgIpc) is 2.55. The molecule has 2 aromatic rings. The van der Waals surface area contributed by atoms with Crippen molar-refractivity contribution in [2.24, 2.45) is 0 Å². The summed E-state index contributed by atoms with van der Waals surface area (Å²) in [5.41, 5.74) is 3.60. The largest absolute Gasteiger partial charge is 0.371 e. The average molecular weight is 264 g/mol. The predicted molar refractivity (Wildman–Crippen MR) is 84.0 cm³/mol. The van der Waals surface area contributed by atoms with E-state index in [9.17, 15) is 0 Å². The van der Waals surface area contributed by atoms with Crippen LogP contribution in [0.2, 0.25) is 0 Å². The smallest absolute Gasteiger partial charge is 0.0650 e. The molecule has 2 nitrogen and oxygen atoms in total. The van der Waals surface area contributed by atoms with Crippen LogP contribution in [-0.2, 0) is 0 Å². The van der Waals surface area contributed by atoms with Gasteiger partial charge in [-0.1, -0.05) is 36.4 Å². The molecule has 0 N–H and O–H groups in total. The third-order valence-electron chi connectivity index (χ3n) is 3.74. The molecule has 0 radical (unpaired) electrons. The van der Waals surface area contributed by atoms with Gasteiger partial charge in [0.15, 0.2) is 0 Å². The zero-order valence-electron chi connectivity index (χ0n) is 11.7. The summed E-state index contributed by atoms with van der Waals surface area (Å²) in [6, 6.07) is 16.7. The lowest BCUT2D eigenvalue weighted by molar-refractivity contribution is 0.327.